The van der Waals surface area contributed by atoms with Crippen molar-refractivity contribution in [1.29, 1.82) is 0 Å². The standard InChI is InChI=1S/C10H8N2O3S/c1-15-9(14)7-2-3-8(13)12(6-7)10-11-4-5-16-10/h2-6H,1H3. The molecule has 0 atom stereocenters. The molecule has 0 aliphatic rings. The van der Waals surface area contributed by atoms with E-state index in [9.17, 15) is 9.59 Å². The molecule has 0 aromatic carbocycles. The lowest BCUT2D eigenvalue weighted by molar-refractivity contribution is 0.0600. The molecule has 0 spiro atoms. The van der Waals surface area contributed by atoms with Gasteiger partial charge in [-0.3, -0.25) is 9.36 Å². The van der Waals surface area contributed by atoms with Crippen molar-refractivity contribution in [2.24, 2.45) is 0 Å². The highest BCUT2D eigenvalue weighted by Crippen LogP contribution is 2.09. The van der Waals surface area contributed by atoms with Gasteiger partial charge in [-0.15, -0.1) is 11.3 Å². The summed E-state index contributed by atoms with van der Waals surface area (Å²) in [6, 6.07) is 2.74. The van der Waals surface area contributed by atoms with Crippen LogP contribution in [0.2, 0.25) is 0 Å². The molecule has 6 heteroatoms. The van der Waals surface area contributed by atoms with Crippen LogP contribution >= 0.6 is 11.3 Å². The summed E-state index contributed by atoms with van der Waals surface area (Å²) in [6.45, 7) is 0. The monoisotopic (exact) mass is 236 g/mol. The van der Waals surface area contributed by atoms with Crippen molar-refractivity contribution in [3.8, 4) is 5.13 Å². The van der Waals surface area contributed by atoms with Crippen LogP contribution in [-0.2, 0) is 4.74 Å². The summed E-state index contributed by atoms with van der Waals surface area (Å²) < 4.78 is 5.89. The van der Waals surface area contributed by atoms with Crippen LogP contribution in [0.4, 0.5) is 0 Å². The van der Waals surface area contributed by atoms with Crippen molar-refractivity contribution in [2.45, 2.75) is 0 Å². The Kier molecular flexibility index (Phi) is 2.82. The Morgan fingerprint density at radius 1 is 1.50 bits per heavy atom. The Bertz CT molecular complexity index is 560. The van der Waals surface area contributed by atoms with E-state index in [1.807, 2.05) is 0 Å². The Morgan fingerprint density at radius 3 is 2.94 bits per heavy atom. The summed E-state index contributed by atoms with van der Waals surface area (Å²) in [5.74, 6) is -0.481. The van der Waals surface area contributed by atoms with E-state index in [1.165, 1.54) is 41.3 Å². The fourth-order valence-corrected chi connectivity index (χ4v) is 1.83. The first kappa shape index (κ1) is 10.6. The van der Waals surface area contributed by atoms with E-state index in [-0.39, 0.29) is 5.56 Å². The summed E-state index contributed by atoms with van der Waals surface area (Å²) in [5.41, 5.74) is 0.0832. The Hall–Kier alpha value is -1.95. The van der Waals surface area contributed by atoms with Crippen molar-refractivity contribution < 1.29 is 9.53 Å². The van der Waals surface area contributed by atoms with E-state index in [1.54, 1.807) is 11.6 Å². The molecule has 0 radical (unpaired) electrons. The van der Waals surface area contributed by atoms with Crippen LogP contribution in [0.15, 0.2) is 34.7 Å². The molecule has 0 amide bonds. The molecule has 5 nitrogen and oxygen atoms in total. The average molecular weight is 236 g/mol. The fraction of sp³-hybridized carbons (Fsp3) is 0.100. The summed E-state index contributed by atoms with van der Waals surface area (Å²) in [4.78, 5) is 26.9. The van der Waals surface area contributed by atoms with Gasteiger partial charge in [0.1, 0.15) is 0 Å². The van der Waals surface area contributed by atoms with Gasteiger partial charge in [-0.05, 0) is 6.07 Å². The smallest absolute Gasteiger partial charge is 0.339 e. The number of pyridine rings is 1. The second-order valence-corrected chi connectivity index (χ2v) is 3.81. The number of ether oxygens (including phenoxy) is 1. The maximum atomic E-state index is 11.6. The largest absolute Gasteiger partial charge is 0.465 e. The molecule has 0 saturated carbocycles. The number of hydrogen-bond donors (Lipinski definition) is 0. The van der Waals surface area contributed by atoms with Crippen molar-refractivity contribution in [3.05, 3.63) is 45.8 Å². The molecule has 2 aromatic rings. The van der Waals surface area contributed by atoms with Gasteiger partial charge in [0, 0.05) is 23.8 Å². The van der Waals surface area contributed by atoms with Gasteiger partial charge in [0.25, 0.3) is 5.56 Å². The molecule has 82 valence electrons. The van der Waals surface area contributed by atoms with Crippen LogP contribution < -0.4 is 5.56 Å². The number of thiazole rings is 1. The molecular weight excluding hydrogens is 228 g/mol. The van der Waals surface area contributed by atoms with Crippen LogP contribution in [0.3, 0.4) is 0 Å². The Labute approximate surface area is 94.9 Å². The zero-order valence-electron chi connectivity index (χ0n) is 8.41. The molecule has 0 saturated heterocycles. The first-order chi connectivity index (χ1) is 7.72. The van der Waals surface area contributed by atoms with E-state index in [0.29, 0.717) is 10.7 Å². The third-order valence-corrected chi connectivity index (χ3v) is 2.73. The van der Waals surface area contributed by atoms with Crippen LogP contribution in [0.5, 0.6) is 0 Å². The SMILES string of the molecule is COC(=O)c1ccc(=O)n(-c2nccs2)c1. The van der Waals surface area contributed by atoms with Gasteiger partial charge in [-0.1, -0.05) is 0 Å². The maximum Gasteiger partial charge on any atom is 0.339 e. The summed E-state index contributed by atoms with van der Waals surface area (Å²) in [7, 11) is 1.29. The van der Waals surface area contributed by atoms with Crippen LogP contribution in [0.1, 0.15) is 10.4 Å². The molecule has 0 unspecified atom stereocenters. The highest BCUT2D eigenvalue weighted by atomic mass is 32.1. The molecule has 0 aliphatic heterocycles. The molecule has 16 heavy (non-hydrogen) atoms. The lowest BCUT2D eigenvalue weighted by atomic mass is 10.3. The van der Waals surface area contributed by atoms with Gasteiger partial charge in [-0.2, -0.15) is 0 Å². The quantitative estimate of drug-likeness (QED) is 0.732. The van der Waals surface area contributed by atoms with Gasteiger partial charge in [0.05, 0.1) is 12.7 Å². The third kappa shape index (κ3) is 1.87. The van der Waals surface area contributed by atoms with Crippen LogP contribution in [0.25, 0.3) is 5.13 Å². The average Bonchev–Trinajstić information content (AvgIpc) is 2.82. The van der Waals surface area contributed by atoms with Crippen molar-refractivity contribution in [1.82, 2.24) is 9.55 Å². The van der Waals surface area contributed by atoms with Crippen molar-refractivity contribution in [2.75, 3.05) is 7.11 Å². The van der Waals surface area contributed by atoms with Gasteiger partial charge in [0.2, 0.25) is 0 Å². The second kappa shape index (κ2) is 4.28. The van der Waals surface area contributed by atoms with E-state index in [0.717, 1.165) is 0 Å². The van der Waals surface area contributed by atoms with E-state index in [4.69, 9.17) is 0 Å². The first-order valence-electron chi connectivity index (χ1n) is 4.43. The number of hydrogen-bond acceptors (Lipinski definition) is 5. The maximum absolute atomic E-state index is 11.6. The number of methoxy groups -OCH3 is 1. The molecule has 2 aromatic heterocycles. The third-order valence-electron chi connectivity index (χ3n) is 1.96. The minimum atomic E-state index is -0.481. The number of carbonyl (C=O) groups excluding carboxylic acids is 1. The van der Waals surface area contributed by atoms with Crippen LogP contribution in [-0.4, -0.2) is 22.6 Å². The molecule has 0 bridgehead atoms. The van der Waals surface area contributed by atoms with Gasteiger partial charge < -0.3 is 4.74 Å². The van der Waals surface area contributed by atoms with E-state index in [2.05, 4.69) is 9.72 Å². The highest BCUT2D eigenvalue weighted by Gasteiger charge is 2.09. The van der Waals surface area contributed by atoms with Crippen molar-refractivity contribution >= 4 is 17.3 Å². The molecule has 0 N–H and O–H groups in total. The number of carbonyl (C=O) groups is 1. The Morgan fingerprint density at radius 2 is 2.31 bits per heavy atom. The molecule has 2 heterocycles. The number of nitrogens with zero attached hydrogens (tertiary/aromatic N) is 2. The first-order valence-corrected chi connectivity index (χ1v) is 5.31. The minimum absolute atomic E-state index is 0.234. The molecular formula is C10H8N2O3S. The molecule has 0 aliphatic carbocycles. The number of rotatable bonds is 2. The van der Waals surface area contributed by atoms with Gasteiger partial charge in [0.15, 0.2) is 5.13 Å². The zero-order chi connectivity index (χ0) is 11.5. The molecule has 2 rings (SSSR count). The fourth-order valence-electron chi connectivity index (χ4n) is 1.21. The second-order valence-electron chi connectivity index (χ2n) is 2.93. The topological polar surface area (TPSA) is 61.2 Å². The van der Waals surface area contributed by atoms with E-state index < -0.39 is 5.97 Å². The zero-order valence-corrected chi connectivity index (χ0v) is 9.23. The van der Waals surface area contributed by atoms with Gasteiger partial charge >= 0.3 is 5.97 Å². The summed E-state index contributed by atoms with van der Waals surface area (Å²) >= 11 is 1.32. The van der Waals surface area contributed by atoms with Crippen LogP contribution in [0, 0.1) is 0 Å². The number of aromatic nitrogens is 2. The van der Waals surface area contributed by atoms with Gasteiger partial charge in [-0.25, -0.2) is 9.78 Å². The number of esters is 1. The highest BCUT2D eigenvalue weighted by molar-refractivity contribution is 7.12. The van der Waals surface area contributed by atoms with E-state index >= 15 is 0 Å². The predicted molar refractivity (Wildman–Crippen MR) is 59.1 cm³/mol. The Balaban J connectivity index is 2.53. The normalized spacial score (nSPS) is 10.1. The molecule has 0 fully saturated rings. The summed E-state index contributed by atoms with van der Waals surface area (Å²) in [5, 5.41) is 2.28. The lowest BCUT2D eigenvalue weighted by Crippen LogP contribution is -2.18. The minimum Gasteiger partial charge on any atom is -0.465 e. The predicted octanol–water partition coefficient (Wildman–Crippen LogP) is 1.08. The van der Waals surface area contributed by atoms with Crippen molar-refractivity contribution in [3.63, 3.8) is 0 Å². The lowest BCUT2D eigenvalue weighted by Gasteiger charge is -2.03. The summed E-state index contributed by atoms with van der Waals surface area (Å²) in [6.07, 6.45) is 3.02.